The molecule has 0 bridgehead atoms. The summed E-state index contributed by atoms with van der Waals surface area (Å²) in [6, 6.07) is 13.2. The maximum absolute atomic E-state index is 10.9. The van der Waals surface area contributed by atoms with Crippen molar-refractivity contribution < 1.29 is 9.72 Å². The van der Waals surface area contributed by atoms with Gasteiger partial charge >= 0.3 is 0 Å². The molecule has 1 radical (unpaired) electrons. The summed E-state index contributed by atoms with van der Waals surface area (Å²) in [7, 11) is 0. The second-order valence-electron chi connectivity index (χ2n) is 3.42. The highest BCUT2D eigenvalue weighted by atomic mass is 16.6. The lowest BCUT2D eigenvalue weighted by Crippen LogP contribution is -1.96. The van der Waals surface area contributed by atoms with Crippen LogP contribution in [-0.2, 0) is 4.79 Å². The summed E-state index contributed by atoms with van der Waals surface area (Å²) in [4.78, 5) is 21.3. The van der Waals surface area contributed by atoms with Crippen LogP contribution in [0.3, 0.4) is 0 Å². The van der Waals surface area contributed by atoms with Gasteiger partial charge in [0, 0.05) is 11.6 Å². The third-order valence-electron chi connectivity index (χ3n) is 2.41. The summed E-state index contributed by atoms with van der Waals surface area (Å²) in [6.45, 7) is 0. The Morgan fingerprint density at radius 2 is 1.71 bits per heavy atom. The maximum atomic E-state index is 10.9. The van der Waals surface area contributed by atoms with Gasteiger partial charge in [-0.15, -0.1) is 0 Å². The van der Waals surface area contributed by atoms with E-state index in [2.05, 4.69) is 0 Å². The van der Waals surface area contributed by atoms with Crippen molar-refractivity contribution in [3.8, 4) is 11.1 Å². The summed E-state index contributed by atoms with van der Waals surface area (Å²) in [5, 5.41) is 10.9. The van der Waals surface area contributed by atoms with Crippen LogP contribution in [0, 0.1) is 10.1 Å². The van der Waals surface area contributed by atoms with Crippen molar-refractivity contribution in [1.29, 1.82) is 0 Å². The van der Waals surface area contributed by atoms with Gasteiger partial charge in [0.25, 0.3) is 5.69 Å². The van der Waals surface area contributed by atoms with E-state index in [1.807, 2.05) is 6.07 Å². The van der Waals surface area contributed by atoms with E-state index < -0.39 is 4.92 Å². The van der Waals surface area contributed by atoms with Gasteiger partial charge in [-0.05, 0) is 11.6 Å². The predicted molar refractivity (Wildman–Crippen MR) is 63.3 cm³/mol. The number of nitro groups is 1. The van der Waals surface area contributed by atoms with Gasteiger partial charge in [-0.1, -0.05) is 36.4 Å². The molecule has 0 aliphatic carbocycles. The zero-order chi connectivity index (χ0) is 12.3. The first kappa shape index (κ1) is 11.0. The molecule has 0 saturated heterocycles. The molecular formula is C13H8NO3. The maximum Gasteiger partial charge on any atom is 0.277 e. The molecule has 0 aliphatic heterocycles. The van der Waals surface area contributed by atoms with Crippen LogP contribution < -0.4 is 0 Å². The molecule has 0 amide bonds. The summed E-state index contributed by atoms with van der Waals surface area (Å²) in [5.74, 6) is 0. The first-order valence-corrected chi connectivity index (χ1v) is 4.95. The van der Waals surface area contributed by atoms with Crippen LogP contribution in [0.15, 0.2) is 48.5 Å². The monoisotopic (exact) mass is 226 g/mol. The summed E-state index contributed by atoms with van der Waals surface area (Å²) in [6.07, 6.45) is 1.73. The van der Waals surface area contributed by atoms with Gasteiger partial charge in [0.05, 0.1) is 10.5 Å². The Bertz CT molecular complexity index is 564. The molecular weight excluding hydrogens is 218 g/mol. The fraction of sp³-hybridized carbons (Fsp3) is 0. The topological polar surface area (TPSA) is 60.2 Å². The lowest BCUT2D eigenvalue weighted by molar-refractivity contribution is -0.384. The van der Waals surface area contributed by atoms with E-state index in [0.29, 0.717) is 11.1 Å². The molecule has 0 spiro atoms. The summed E-state index contributed by atoms with van der Waals surface area (Å²) in [5.41, 5.74) is 1.06. The first-order valence-electron chi connectivity index (χ1n) is 4.95. The minimum absolute atomic E-state index is 0.0861. The van der Waals surface area contributed by atoms with Crippen LogP contribution in [0.5, 0.6) is 0 Å². The van der Waals surface area contributed by atoms with Crippen molar-refractivity contribution in [1.82, 2.24) is 0 Å². The number of hydrogen-bond acceptors (Lipinski definition) is 3. The number of nitro benzene ring substituents is 1. The van der Waals surface area contributed by atoms with E-state index in [9.17, 15) is 14.9 Å². The molecule has 0 fully saturated rings. The van der Waals surface area contributed by atoms with Gasteiger partial charge in [-0.2, -0.15) is 0 Å². The number of hydrogen-bond donors (Lipinski definition) is 0. The Labute approximate surface area is 97.7 Å². The van der Waals surface area contributed by atoms with Crippen LogP contribution in [0.1, 0.15) is 5.56 Å². The highest BCUT2D eigenvalue weighted by Crippen LogP contribution is 2.32. The lowest BCUT2D eigenvalue weighted by Gasteiger charge is -2.05. The molecule has 0 saturated carbocycles. The zero-order valence-corrected chi connectivity index (χ0v) is 8.79. The predicted octanol–water partition coefficient (Wildman–Crippen LogP) is 2.72. The van der Waals surface area contributed by atoms with Crippen molar-refractivity contribution in [2.24, 2.45) is 0 Å². The van der Waals surface area contributed by atoms with Crippen LogP contribution in [0.25, 0.3) is 11.1 Å². The van der Waals surface area contributed by atoms with Crippen LogP contribution in [-0.4, -0.2) is 11.2 Å². The van der Waals surface area contributed by atoms with Crippen molar-refractivity contribution >= 4 is 12.0 Å². The van der Waals surface area contributed by atoms with E-state index in [4.69, 9.17) is 0 Å². The highest BCUT2D eigenvalue weighted by molar-refractivity contribution is 5.92. The standard InChI is InChI=1S/C13H8NO3/c15-9-11-7-4-8-12(14(16)17)13(11)10-5-2-1-3-6-10/h1-8H. The lowest BCUT2D eigenvalue weighted by atomic mass is 9.98. The van der Waals surface area contributed by atoms with E-state index in [-0.39, 0.29) is 11.3 Å². The van der Waals surface area contributed by atoms with E-state index in [0.717, 1.165) is 0 Å². The smallest absolute Gasteiger partial charge is 0.277 e. The number of rotatable bonds is 3. The number of benzene rings is 2. The molecule has 0 aliphatic rings. The molecule has 2 rings (SSSR count). The minimum atomic E-state index is -0.497. The summed E-state index contributed by atoms with van der Waals surface area (Å²) >= 11 is 0. The van der Waals surface area contributed by atoms with Crippen LogP contribution >= 0.6 is 0 Å². The summed E-state index contributed by atoms with van der Waals surface area (Å²) < 4.78 is 0. The third-order valence-corrected chi connectivity index (χ3v) is 2.41. The first-order chi connectivity index (χ1) is 8.24. The molecule has 4 nitrogen and oxygen atoms in total. The average molecular weight is 226 g/mol. The molecule has 2 aromatic carbocycles. The largest absolute Gasteiger partial charge is 0.285 e. The fourth-order valence-corrected chi connectivity index (χ4v) is 1.69. The Morgan fingerprint density at radius 1 is 1.00 bits per heavy atom. The minimum Gasteiger partial charge on any atom is -0.285 e. The van der Waals surface area contributed by atoms with E-state index in [1.165, 1.54) is 18.2 Å². The molecule has 4 heteroatoms. The molecule has 17 heavy (non-hydrogen) atoms. The van der Waals surface area contributed by atoms with Gasteiger partial charge in [0.2, 0.25) is 6.29 Å². The average Bonchev–Trinajstić information content (AvgIpc) is 2.38. The van der Waals surface area contributed by atoms with E-state index in [1.54, 1.807) is 30.6 Å². The third kappa shape index (κ3) is 2.06. The van der Waals surface area contributed by atoms with Gasteiger partial charge in [0.1, 0.15) is 0 Å². The Balaban J connectivity index is 2.73. The van der Waals surface area contributed by atoms with Crippen molar-refractivity contribution in [2.45, 2.75) is 0 Å². The molecule has 2 aromatic rings. The Hall–Kier alpha value is -2.49. The fourth-order valence-electron chi connectivity index (χ4n) is 1.69. The van der Waals surface area contributed by atoms with Crippen molar-refractivity contribution in [2.75, 3.05) is 0 Å². The quantitative estimate of drug-likeness (QED) is 0.597. The second kappa shape index (κ2) is 4.57. The van der Waals surface area contributed by atoms with Gasteiger partial charge in [-0.25, -0.2) is 0 Å². The second-order valence-corrected chi connectivity index (χ2v) is 3.42. The van der Waals surface area contributed by atoms with Crippen molar-refractivity contribution in [3.63, 3.8) is 0 Å². The van der Waals surface area contributed by atoms with Gasteiger partial charge in [0.15, 0.2) is 0 Å². The SMILES string of the molecule is O=[C]c1cccc([N+](=O)[O-])c1-c1ccccc1. The van der Waals surface area contributed by atoms with Crippen molar-refractivity contribution in [3.05, 3.63) is 64.2 Å². The normalized spacial score (nSPS) is 9.88. The molecule has 0 unspecified atom stereocenters. The highest BCUT2D eigenvalue weighted by Gasteiger charge is 2.18. The van der Waals surface area contributed by atoms with Gasteiger partial charge in [-0.3, -0.25) is 14.9 Å². The Kier molecular flexibility index (Phi) is 2.96. The molecule has 0 aromatic heterocycles. The molecule has 0 atom stereocenters. The molecule has 83 valence electrons. The Morgan fingerprint density at radius 3 is 2.29 bits per heavy atom. The van der Waals surface area contributed by atoms with Crippen LogP contribution in [0.4, 0.5) is 5.69 Å². The van der Waals surface area contributed by atoms with Crippen LogP contribution in [0.2, 0.25) is 0 Å². The number of nitrogens with zero attached hydrogens (tertiary/aromatic N) is 1. The number of carbonyl (C=O) groups excluding carboxylic acids is 1. The zero-order valence-electron chi connectivity index (χ0n) is 8.79. The van der Waals surface area contributed by atoms with Gasteiger partial charge < -0.3 is 0 Å². The van der Waals surface area contributed by atoms with E-state index >= 15 is 0 Å². The molecule has 0 heterocycles. The molecule has 0 N–H and O–H groups in total.